The van der Waals surface area contributed by atoms with Crippen molar-refractivity contribution in [2.45, 2.75) is 33.1 Å². The summed E-state index contributed by atoms with van der Waals surface area (Å²) in [5.41, 5.74) is 0. The lowest BCUT2D eigenvalue weighted by atomic mass is 11.0. The van der Waals surface area contributed by atoms with Gasteiger partial charge in [-0.25, -0.2) is 0 Å². The van der Waals surface area contributed by atoms with Gasteiger partial charge >= 0.3 is 0 Å². The van der Waals surface area contributed by atoms with Gasteiger partial charge in [-0.05, 0) is 0 Å². The van der Waals surface area contributed by atoms with Gasteiger partial charge in [0, 0.05) is 14.1 Å². The minimum absolute atomic E-state index is 0.750. The van der Waals surface area contributed by atoms with Crippen molar-refractivity contribution in [3.8, 4) is 0 Å². The number of amides is 1. The van der Waals surface area contributed by atoms with Gasteiger partial charge in [0.15, 0.2) is 0 Å². The third-order valence-electron chi connectivity index (χ3n) is 0.564. The fraction of sp³-hybridized carbons (Fsp3) is 0.875. The monoisotopic (exact) mass is 145 g/mol. The fourth-order valence-electron chi connectivity index (χ4n) is 0. The Labute approximate surface area is 64.2 Å². The molecular formula is C8H19NO. The summed E-state index contributed by atoms with van der Waals surface area (Å²) in [5, 5.41) is 0. The molecule has 10 heavy (non-hydrogen) atoms. The van der Waals surface area contributed by atoms with Crippen LogP contribution in [0.2, 0.25) is 0 Å². The van der Waals surface area contributed by atoms with Crippen molar-refractivity contribution in [2.24, 2.45) is 0 Å². The number of carbonyl (C=O) groups is 1. The number of nitrogens with zero attached hydrogens (tertiary/aromatic N) is 1. The zero-order valence-corrected chi connectivity index (χ0v) is 7.55. The highest BCUT2D eigenvalue weighted by Gasteiger charge is 1.95. The van der Waals surface area contributed by atoms with Gasteiger partial charge in [-0.2, -0.15) is 0 Å². The molecule has 0 heterocycles. The molecule has 1 saturated carbocycles. The van der Waals surface area contributed by atoms with Crippen molar-refractivity contribution in [3.63, 3.8) is 0 Å². The van der Waals surface area contributed by atoms with Crippen LogP contribution in [0.4, 0.5) is 0 Å². The summed E-state index contributed by atoms with van der Waals surface area (Å²) < 4.78 is 0. The highest BCUT2D eigenvalue weighted by Crippen LogP contribution is 2.14. The molecule has 0 spiro atoms. The van der Waals surface area contributed by atoms with E-state index in [2.05, 4.69) is 0 Å². The molecule has 2 nitrogen and oxygen atoms in total. The molecule has 0 atom stereocenters. The van der Waals surface area contributed by atoms with Gasteiger partial charge in [0.1, 0.15) is 0 Å². The Morgan fingerprint density at radius 2 is 1.30 bits per heavy atom. The maximum absolute atomic E-state index is 9.43. The van der Waals surface area contributed by atoms with Gasteiger partial charge in [0.2, 0.25) is 6.41 Å². The molecule has 1 aliphatic carbocycles. The van der Waals surface area contributed by atoms with E-state index in [1.807, 2.05) is 13.8 Å². The number of rotatable bonds is 1. The number of hydrogen-bond donors (Lipinski definition) is 0. The van der Waals surface area contributed by atoms with E-state index in [-0.39, 0.29) is 0 Å². The molecule has 1 amide bonds. The van der Waals surface area contributed by atoms with Gasteiger partial charge in [-0.3, -0.25) is 4.79 Å². The van der Waals surface area contributed by atoms with Crippen LogP contribution in [-0.2, 0) is 4.79 Å². The van der Waals surface area contributed by atoms with Crippen LogP contribution in [0, 0.1) is 0 Å². The molecule has 0 unspecified atom stereocenters. The van der Waals surface area contributed by atoms with Crippen molar-refractivity contribution in [2.75, 3.05) is 14.1 Å². The van der Waals surface area contributed by atoms with Gasteiger partial charge in [0.25, 0.3) is 0 Å². The second-order valence-electron chi connectivity index (χ2n) is 2.13. The minimum Gasteiger partial charge on any atom is -0.351 e. The van der Waals surface area contributed by atoms with E-state index >= 15 is 0 Å². The van der Waals surface area contributed by atoms with Crippen LogP contribution in [0.3, 0.4) is 0 Å². The summed E-state index contributed by atoms with van der Waals surface area (Å²) in [7, 11) is 3.38. The Morgan fingerprint density at radius 1 is 1.10 bits per heavy atom. The van der Waals surface area contributed by atoms with Crippen molar-refractivity contribution in [1.29, 1.82) is 0 Å². The lowest BCUT2D eigenvalue weighted by Gasteiger charge is -1.93. The predicted octanol–water partition coefficient (Wildman–Crippen LogP) is 1.90. The summed E-state index contributed by atoms with van der Waals surface area (Å²) in [6.45, 7) is 4.00. The van der Waals surface area contributed by atoms with Crippen LogP contribution < -0.4 is 0 Å². The van der Waals surface area contributed by atoms with E-state index in [4.69, 9.17) is 0 Å². The smallest absolute Gasteiger partial charge is 0.209 e. The molecule has 0 radical (unpaired) electrons. The Balaban J connectivity index is 0. The first kappa shape index (κ1) is 12.2. The molecular weight excluding hydrogens is 126 g/mol. The number of hydrogen-bond acceptors (Lipinski definition) is 1. The molecule has 1 rings (SSSR count). The van der Waals surface area contributed by atoms with Gasteiger partial charge in [0.05, 0.1) is 0 Å². The maximum atomic E-state index is 9.43. The molecule has 0 aromatic heterocycles. The Bertz CT molecular complexity index is 57.5. The Hall–Kier alpha value is -0.530. The van der Waals surface area contributed by atoms with Crippen LogP contribution in [-0.4, -0.2) is 25.4 Å². The van der Waals surface area contributed by atoms with E-state index in [0.29, 0.717) is 0 Å². The molecule has 1 aliphatic rings. The summed E-state index contributed by atoms with van der Waals surface area (Å²) in [5.74, 6) is 0. The first-order valence-electron chi connectivity index (χ1n) is 3.89. The summed E-state index contributed by atoms with van der Waals surface area (Å²) in [6, 6.07) is 0. The Kier molecular flexibility index (Phi) is 13.7. The van der Waals surface area contributed by atoms with Crippen molar-refractivity contribution >= 4 is 6.41 Å². The van der Waals surface area contributed by atoms with Crippen molar-refractivity contribution < 1.29 is 4.79 Å². The van der Waals surface area contributed by atoms with E-state index in [1.54, 1.807) is 14.1 Å². The standard InChI is InChI=1S/C3H7NO.C3H6.C2H6/c1-4(2)3-5;1-2-3-1;1-2/h3H,1-2H3;1-3H2;1-2H3. The van der Waals surface area contributed by atoms with E-state index in [0.717, 1.165) is 6.41 Å². The third kappa shape index (κ3) is 51.3. The predicted molar refractivity (Wildman–Crippen MR) is 45.0 cm³/mol. The molecule has 0 bridgehead atoms. The normalized spacial score (nSPS) is 11.2. The zero-order chi connectivity index (χ0) is 8.41. The fourth-order valence-corrected chi connectivity index (χ4v) is 0. The SMILES string of the molecule is C1CC1.CC.CN(C)C=O. The van der Waals surface area contributed by atoms with Crippen molar-refractivity contribution in [3.05, 3.63) is 0 Å². The first-order chi connectivity index (χ1) is 4.77. The molecule has 0 saturated heterocycles. The van der Waals surface area contributed by atoms with Crippen LogP contribution in [0.1, 0.15) is 33.1 Å². The summed E-state index contributed by atoms with van der Waals surface area (Å²) in [4.78, 5) is 10.9. The molecule has 0 N–H and O–H groups in total. The quantitative estimate of drug-likeness (QED) is 0.516. The van der Waals surface area contributed by atoms with Gasteiger partial charge in [-0.15, -0.1) is 0 Å². The topological polar surface area (TPSA) is 20.3 Å². The molecule has 1 fully saturated rings. The van der Waals surface area contributed by atoms with Crippen LogP contribution >= 0.6 is 0 Å². The van der Waals surface area contributed by atoms with Gasteiger partial charge < -0.3 is 4.90 Å². The summed E-state index contributed by atoms with van der Waals surface area (Å²) >= 11 is 0. The van der Waals surface area contributed by atoms with E-state index in [9.17, 15) is 4.79 Å². The highest BCUT2D eigenvalue weighted by atomic mass is 16.1. The maximum Gasteiger partial charge on any atom is 0.209 e. The Morgan fingerprint density at radius 3 is 1.30 bits per heavy atom. The van der Waals surface area contributed by atoms with Crippen molar-refractivity contribution in [1.82, 2.24) is 4.90 Å². The second-order valence-corrected chi connectivity index (χ2v) is 2.13. The van der Waals surface area contributed by atoms with Crippen LogP contribution in [0.5, 0.6) is 0 Å². The second kappa shape index (κ2) is 11.3. The zero-order valence-electron chi connectivity index (χ0n) is 7.55. The molecule has 0 aromatic rings. The minimum atomic E-state index is 0.750. The lowest BCUT2D eigenvalue weighted by molar-refractivity contribution is -0.115. The third-order valence-corrected chi connectivity index (χ3v) is 0.564. The van der Waals surface area contributed by atoms with E-state index in [1.165, 1.54) is 24.2 Å². The molecule has 62 valence electrons. The molecule has 2 heteroatoms. The first-order valence-corrected chi connectivity index (χ1v) is 3.89. The van der Waals surface area contributed by atoms with Crippen LogP contribution in [0.15, 0.2) is 0 Å². The van der Waals surface area contributed by atoms with E-state index < -0.39 is 0 Å². The average Bonchev–Trinajstić information content (AvgIpc) is 2.77. The summed E-state index contributed by atoms with van der Waals surface area (Å²) in [6.07, 6.45) is 5.25. The largest absolute Gasteiger partial charge is 0.351 e. The van der Waals surface area contributed by atoms with Crippen LogP contribution in [0.25, 0.3) is 0 Å². The average molecular weight is 145 g/mol. The highest BCUT2D eigenvalue weighted by molar-refractivity contribution is 5.45. The molecule has 0 aliphatic heterocycles. The van der Waals surface area contributed by atoms with Gasteiger partial charge in [-0.1, -0.05) is 33.1 Å². The number of carbonyl (C=O) groups excluding carboxylic acids is 1. The lowest BCUT2D eigenvalue weighted by Crippen LogP contribution is -2.06. The molecule has 0 aromatic carbocycles.